The Bertz CT molecular complexity index is 1410. The zero-order valence-corrected chi connectivity index (χ0v) is 22.5. The molecule has 0 radical (unpaired) electrons. The molecule has 7 unspecified atom stereocenters. The van der Waals surface area contributed by atoms with Gasteiger partial charge in [-0.15, -0.1) is 0 Å². The van der Waals surface area contributed by atoms with Crippen LogP contribution in [0.1, 0.15) is 52.0 Å². The van der Waals surface area contributed by atoms with Crippen molar-refractivity contribution in [2.24, 2.45) is 16.7 Å². The van der Waals surface area contributed by atoms with Crippen LogP contribution in [0.2, 0.25) is 0 Å². The van der Waals surface area contributed by atoms with E-state index >= 15 is 0 Å². The molecule has 194 valence electrons. The van der Waals surface area contributed by atoms with Crippen molar-refractivity contribution in [2.75, 3.05) is 14.1 Å². The summed E-state index contributed by atoms with van der Waals surface area (Å²) in [6.07, 6.45) is 12.7. The summed E-state index contributed by atoms with van der Waals surface area (Å²) in [5.41, 5.74) is 3.67. The Balaban J connectivity index is 1.36. The molecule has 3 aliphatic carbocycles. The molecular weight excluding hydrogens is 460 g/mol. The minimum atomic E-state index is -0.904. The zero-order valence-electron chi connectivity index (χ0n) is 22.5. The Labute approximate surface area is 219 Å². The van der Waals surface area contributed by atoms with Crippen LogP contribution < -0.4 is 0 Å². The molecule has 5 heteroatoms. The molecule has 2 aliphatic heterocycles. The fourth-order valence-electron chi connectivity index (χ4n) is 8.77. The van der Waals surface area contributed by atoms with Crippen molar-refractivity contribution in [3.05, 3.63) is 71.6 Å². The normalized spacial score (nSPS) is 41.6. The average molecular weight is 499 g/mol. The number of ether oxygens (including phenoxy) is 1. The fraction of sp³-hybridized carbons (Fsp3) is 0.531. The maximum atomic E-state index is 11.3. The molecule has 7 rings (SSSR count). The van der Waals surface area contributed by atoms with Gasteiger partial charge in [-0.05, 0) is 85.0 Å². The van der Waals surface area contributed by atoms with E-state index in [0.29, 0.717) is 12.3 Å². The largest absolute Gasteiger partial charge is 0.388 e. The van der Waals surface area contributed by atoms with E-state index in [4.69, 9.17) is 4.74 Å². The summed E-state index contributed by atoms with van der Waals surface area (Å²) in [4.78, 5) is 6.33. The van der Waals surface area contributed by atoms with E-state index in [1.165, 1.54) is 22.1 Å². The van der Waals surface area contributed by atoms with Gasteiger partial charge in [0, 0.05) is 35.2 Å². The molecule has 2 N–H and O–H groups in total. The second-order valence-electron chi connectivity index (χ2n) is 13.1. The van der Waals surface area contributed by atoms with Crippen molar-refractivity contribution in [1.82, 2.24) is 9.88 Å². The first-order valence-corrected chi connectivity index (χ1v) is 13.8. The van der Waals surface area contributed by atoms with Crippen LogP contribution in [0, 0.1) is 16.7 Å². The quantitative estimate of drug-likeness (QED) is 0.617. The van der Waals surface area contributed by atoms with Crippen LogP contribution in [0.25, 0.3) is 16.3 Å². The molecule has 5 aliphatic rings. The first kappa shape index (κ1) is 23.8. The maximum absolute atomic E-state index is 11.3. The lowest BCUT2D eigenvalue weighted by atomic mass is 9.49. The van der Waals surface area contributed by atoms with Gasteiger partial charge in [0.05, 0.1) is 17.3 Å². The molecule has 5 nitrogen and oxygen atoms in total. The minimum absolute atomic E-state index is 0.109. The van der Waals surface area contributed by atoms with Crippen LogP contribution in [0.5, 0.6) is 0 Å². The van der Waals surface area contributed by atoms with Crippen LogP contribution in [-0.4, -0.2) is 63.6 Å². The molecule has 2 bridgehead atoms. The van der Waals surface area contributed by atoms with Crippen molar-refractivity contribution >= 4 is 16.3 Å². The predicted octanol–water partition coefficient (Wildman–Crippen LogP) is 4.89. The van der Waals surface area contributed by atoms with Gasteiger partial charge in [0.2, 0.25) is 0 Å². The predicted molar refractivity (Wildman–Crippen MR) is 146 cm³/mol. The van der Waals surface area contributed by atoms with Crippen molar-refractivity contribution in [1.29, 1.82) is 0 Å². The number of hydrogen-bond acceptors (Lipinski definition) is 5. The standard InChI is InChI=1S/C32H38N2O3/c1-29(2)16-22-15-24-27(35)28(36)25(34(4)5)17-31(24)11-12-32(22,37-31)26-9-8-23(30(26,29)3)20-6-7-21-18-33-13-10-19(21)14-20/h6-8,10,13-16,18,25-28,35-36H,9,11-12,17H2,1-5H3. The Morgan fingerprint density at radius 3 is 2.65 bits per heavy atom. The lowest BCUT2D eigenvalue weighted by Gasteiger charge is -2.60. The molecule has 3 heterocycles. The number of aliphatic hydroxyl groups is 2. The molecule has 7 atom stereocenters. The molecular formula is C32H38N2O3. The van der Waals surface area contributed by atoms with Crippen molar-refractivity contribution < 1.29 is 14.9 Å². The van der Waals surface area contributed by atoms with E-state index in [2.05, 4.69) is 68.2 Å². The van der Waals surface area contributed by atoms with E-state index in [1.54, 1.807) is 0 Å². The smallest absolute Gasteiger partial charge is 0.105 e. The molecule has 1 saturated carbocycles. The molecule has 1 saturated heterocycles. The van der Waals surface area contributed by atoms with Crippen molar-refractivity contribution in [3.8, 4) is 0 Å². The van der Waals surface area contributed by atoms with Gasteiger partial charge in [0.1, 0.15) is 6.10 Å². The van der Waals surface area contributed by atoms with Gasteiger partial charge in [-0.1, -0.05) is 51.1 Å². The number of aromatic nitrogens is 1. The number of pyridine rings is 1. The summed E-state index contributed by atoms with van der Waals surface area (Å²) in [7, 11) is 3.97. The van der Waals surface area contributed by atoms with E-state index in [0.717, 1.165) is 30.2 Å². The first-order valence-electron chi connectivity index (χ1n) is 13.8. The van der Waals surface area contributed by atoms with Crippen LogP contribution in [0.3, 0.4) is 0 Å². The van der Waals surface area contributed by atoms with Gasteiger partial charge < -0.3 is 19.8 Å². The van der Waals surface area contributed by atoms with Crippen LogP contribution in [0.15, 0.2) is 66.0 Å². The summed E-state index contributed by atoms with van der Waals surface area (Å²) in [5.74, 6) is 0.303. The highest BCUT2D eigenvalue weighted by atomic mass is 16.5. The van der Waals surface area contributed by atoms with Crippen molar-refractivity contribution in [3.63, 3.8) is 0 Å². The summed E-state index contributed by atoms with van der Waals surface area (Å²) in [6, 6.07) is 8.73. The summed E-state index contributed by atoms with van der Waals surface area (Å²) < 4.78 is 7.33. The number of likely N-dealkylation sites (N-methyl/N-ethyl adjacent to an activating group) is 1. The number of fused-ring (bicyclic) bond motifs is 2. The van der Waals surface area contributed by atoms with Crippen LogP contribution in [-0.2, 0) is 4.74 Å². The van der Waals surface area contributed by atoms with E-state index in [9.17, 15) is 10.2 Å². The topological polar surface area (TPSA) is 65.8 Å². The third-order valence-corrected chi connectivity index (χ3v) is 11.0. The summed E-state index contributed by atoms with van der Waals surface area (Å²) in [6.45, 7) is 7.16. The Morgan fingerprint density at radius 1 is 1.05 bits per heavy atom. The van der Waals surface area contributed by atoms with Gasteiger partial charge in [-0.3, -0.25) is 4.98 Å². The van der Waals surface area contributed by atoms with E-state index < -0.39 is 17.8 Å². The number of benzene rings is 1. The number of hydrogen-bond donors (Lipinski definition) is 2. The van der Waals surface area contributed by atoms with Crippen LogP contribution in [0.4, 0.5) is 0 Å². The van der Waals surface area contributed by atoms with E-state index in [-0.39, 0.29) is 22.5 Å². The van der Waals surface area contributed by atoms with Gasteiger partial charge in [-0.25, -0.2) is 0 Å². The SMILES string of the molecule is CN(C)C1CC23CCC4(O2)C(=CC(C)(C)C2(C)C(c5ccc6cnccc6c5)=CCC42)C=C3C(O)C1O. The third kappa shape index (κ3) is 2.86. The Hall–Kier alpha value is -2.31. The molecule has 2 aromatic rings. The van der Waals surface area contributed by atoms with Gasteiger partial charge >= 0.3 is 0 Å². The summed E-state index contributed by atoms with van der Waals surface area (Å²) in [5, 5.41) is 24.6. The van der Waals surface area contributed by atoms with Gasteiger partial charge in [0.15, 0.2) is 0 Å². The highest BCUT2D eigenvalue weighted by molar-refractivity contribution is 5.87. The number of allylic oxidation sites excluding steroid dienone is 3. The van der Waals surface area contributed by atoms with Crippen molar-refractivity contribution in [2.45, 2.75) is 75.9 Å². The molecule has 2 fully saturated rings. The third-order valence-electron chi connectivity index (χ3n) is 11.0. The zero-order chi connectivity index (χ0) is 26.0. The minimum Gasteiger partial charge on any atom is -0.388 e. The Morgan fingerprint density at radius 2 is 1.86 bits per heavy atom. The summed E-state index contributed by atoms with van der Waals surface area (Å²) >= 11 is 0. The number of aliphatic hydroxyl groups excluding tert-OH is 2. The fourth-order valence-corrected chi connectivity index (χ4v) is 8.77. The monoisotopic (exact) mass is 498 g/mol. The second kappa shape index (κ2) is 7.41. The molecule has 37 heavy (non-hydrogen) atoms. The van der Waals surface area contributed by atoms with Crippen LogP contribution >= 0.6 is 0 Å². The first-order chi connectivity index (χ1) is 17.5. The molecule has 1 aromatic carbocycles. The molecule has 2 spiro atoms. The van der Waals surface area contributed by atoms with Gasteiger partial charge in [-0.2, -0.15) is 0 Å². The van der Waals surface area contributed by atoms with Gasteiger partial charge in [0.25, 0.3) is 0 Å². The average Bonchev–Trinajstić information content (AvgIpc) is 3.40. The molecule has 1 aromatic heterocycles. The highest BCUT2D eigenvalue weighted by Crippen LogP contribution is 2.71. The second-order valence-corrected chi connectivity index (χ2v) is 13.1. The highest BCUT2D eigenvalue weighted by Gasteiger charge is 2.70. The van der Waals surface area contributed by atoms with E-state index in [1.807, 2.05) is 31.4 Å². The Kier molecular flexibility index (Phi) is 4.76. The number of rotatable bonds is 2. The lowest BCUT2D eigenvalue weighted by molar-refractivity contribution is -0.170. The maximum Gasteiger partial charge on any atom is 0.105 e. The lowest BCUT2D eigenvalue weighted by Crippen LogP contribution is -2.63. The molecule has 0 amide bonds. The number of nitrogens with zero attached hydrogens (tertiary/aromatic N) is 2.